The van der Waals surface area contributed by atoms with Gasteiger partial charge in [0.25, 0.3) is 0 Å². The van der Waals surface area contributed by atoms with Gasteiger partial charge in [0.2, 0.25) is 0 Å². The highest BCUT2D eigenvalue weighted by atomic mass is 16.5. The van der Waals surface area contributed by atoms with Crippen LogP contribution in [-0.2, 0) is 11.2 Å². The van der Waals surface area contributed by atoms with E-state index in [1.807, 2.05) is 19.1 Å². The number of para-hydroxylation sites is 1. The van der Waals surface area contributed by atoms with Crippen LogP contribution in [0.15, 0.2) is 24.3 Å². The number of fused-ring (bicyclic) bond motifs is 1. The fraction of sp³-hybridized carbons (Fsp3) is 0.571. The van der Waals surface area contributed by atoms with Gasteiger partial charge in [-0.2, -0.15) is 0 Å². The highest BCUT2D eigenvalue weighted by molar-refractivity contribution is 5.37. The molecule has 1 aromatic carbocycles. The molecule has 0 saturated carbocycles. The molecule has 2 atom stereocenters. The molecule has 3 heteroatoms. The van der Waals surface area contributed by atoms with Crippen molar-refractivity contribution in [3.8, 4) is 5.75 Å². The monoisotopic (exact) mass is 235 g/mol. The van der Waals surface area contributed by atoms with Gasteiger partial charge in [0.15, 0.2) is 0 Å². The van der Waals surface area contributed by atoms with Gasteiger partial charge in [0.1, 0.15) is 11.9 Å². The highest BCUT2D eigenvalue weighted by Crippen LogP contribution is 2.27. The molecule has 2 unspecified atom stereocenters. The van der Waals surface area contributed by atoms with Crippen LogP contribution in [0.1, 0.15) is 19.4 Å². The lowest BCUT2D eigenvalue weighted by Crippen LogP contribution is -2.38. The van der Waals surface area contributed by atoms with Gasteiger partial charge in [-0.1, -0.05) is 18.2 Å². The third-order valence-electron chi connectivity index (χ3n) is 2.98. The number of hydrogen-bond acceptors (Lipinski definition) is 3. The molecule has 0 radical (unpaired) electrons. The zero-order chi connectivity index (χ0) is 12.1. The first-order valence-corrected chi connectivity index (χ1v) is 6.35. The Morgan fingerprint density at radius 2 is 2.29 bits per heavy atom. The number of benzene rings is 1. The van der Waals surface area contributed by atoms with E-state index in [1.165, 1.54) is 5.56 Å². The van der Waals surface area contributed by atoms with Gasteiger partial charge in [-0.15, -0.1) is 0 Å². The van der Waals surface area contributed by atoms with Gasteiger partial charge in [-0.05, 0) is 25.5 Å². The molecular weight excluding hydrogens is 214 g/mol. The van der Waals surface area contributed by atoms with Crippen LogP contribution < -0.4 is 10.1 Å². The van der Waals surface area contributed by atoms with Crippen molar-refractivity contribution in [1.82, 2.24) is 5.32 Å². The van der Waals surface area contributed by atoms with E-state index in [0.717, 1.165) is 31.9 Å². The maximum Gasteiger partial charge on any atom is 0.123 e. The second-order valence-corrected chi connectivity index (χ2v) is 4.52. The van der Waals surface area contributed by atoms with Crippen LogP contribution in [0.2, 0.25) is 0 Å². The molecule has 1 heterocycles. The Balaban J connectivity index is 1.73. The molecule has 1 aliphatic heterocycles. The highest BCUT2D eigenvalue weighted by Gasteiger charge is 2.22. The molecule has 0 bridgehead atoms. The van der Waals surface area contributed by atoms with Gasteiger partial charge >= 0.3 is 0 Å². The van der Waals surface area contributed by atoms with Crippen LogP contribution in [0, 0.1) is 0 Å². The summed E-state index contributed by atoms with van der Waals surface area (Å²) in [6.45, 7) is 6.57. The lowest BCUT2D eigenvalue weighted by atomic mass is 10.1. The molecule has 3 nitrogen and oxygen atoms in total. The third-order valence-corrected chi connectivity index (χ3v) is 2.98. The van der Waals surface area contributed by atoms with Crippen LogP contribution in [-0.4, -0.2) is 31.9 Å². The number of nitrogens with one attached hydrogen (secondary N) is 1. The molecule has 0 aliphatic carbocycles. The minimum Gasteiger partial charge on any atom is -0.488 e. The van der Waals surface area contributed by atoms with E-state index < -0.39 is 0 Å². The summed E-state index contributed by atoms with van der Waals surface area (Å²) in [7, 11) is 0. The standard InChI is InChI=1S/C14H21NO2/c1-3-16-10-11(2)15-9-13-8-12-6-4-5-7-14(12)17-13/h4-7,11,13,15H,3,8-10H2,1-2H3. The molecule has 0 spiro atoms. The van der Waals surface area contributed by atoms with Crippen molar-refractivity contribution in [2.75, 3.05) is 19.8 Å². The van der Waals surface area contributed by atoms with E-state index in [2.05, 4.69) is 24.4 Å². The third kappa shape index (κ3) is 3.45. The molecule has 1 N–H and O–H groups in total. The van der Waals surface area contributed by atoms with Crippen LogP contribution in [0.3, 0.4) is 0 Å². The van der Waals surface area contributed by atoms with E-state index in [9.17, 15) is 0 Å². The lowest BCUT2D eigenvalue weighted by molar-refractivity contribution is 0.122. The molecule has 0 aromatic heterocycles. The number of hydrogen-bond donors (Lipinski definition) is 1. The molecule has 0 fully saturated rings. The minimum absolute atomic E-state index is 0.261. The molecule has 0 saturated heterocycles. The predicted molar refractivity (Wildman–Crippen MR) is 68.5 cm³/mol. The normalized spacial score (nSPS) is 19.8. The summed E-state index contributed by atoms with van der Waals surface area (Å²) in [5.74, 6) is 1.04. The predicted octanol–water partition coefficient (Wildman–Crippen LogP) is 2.00. The van der Waals surface area contributed by atoms with Crippen molar-refractivity contribution in [3.63, 3.8) is 0 Å². The van der Waals surface area contributed by atoms with Crippen molar-refractivity contribution in [1.29, 1.82) is 0 Å². The summed E-state index contributed by atoms with van der Waals surface area (Å²) in [6.07, 6.45) is 1.27. The van der Waals surface area contributed by atoms with E-state index in [-0.39, 0.29) is 6.10 Å². The molecule has 1 aromatic rings. The maximum atomic E-state index is 5.86. The molecule has 2 rings (SSSR count). The topological polar surface area (TPSA) is 30.5 Å². The Bertz CT molecular complexity index is 329. The second kappa shape index (κ2) is 6.03. The Kier molecular flexibility index (Phi) is 4.40. The van der Waals surface area contributed by atoms with E-state index >= 15 is 0 Å². The van der Waals surface area contributed by atoms with Crippen LogP contribution in [0.25, 0.3) is 0 Å². The van der Waals surface area contributed by atoms with Gasteiger partial charge in [0, 0.05) is 25.6 Å². The van der Waals surface area contributed by atoms with Crippen molar-refractivity contribution >= 4 is 0 Å². The van der Waals surface area contributed by atoms with Crippen molar-refractivity contribution in [2.45, 2.75) is 32.4 Å². The molecule has 0 amide bonds. The smallest absolute Gasteiger partial charge is 0.123 e. The maximum absolute atomic E-state index is 5.86. The summed E-state index contributed by atoms with van der Waals surface area (Å²) in [5, 5.41) is 3.44. The first kappa shape index (κ1) is 12.4. The summed E-state index contributed by atoms with van der Waals surface area (Å²) < 4.78 is 11.2. The summed E-state index contributed by atoms with van der Waals surface area (Å²) >= 11 is 0. The largest absolute Gasteiger partial charge is 0.488 e. The summed E-state index contributed by atoms with van der Waals surface area (Å²) in [6, 6.07) is 8.64. The van der Waals surface area contributed by atoms with Gasteiger partial charge in [-0.25, -0.2) is 0 Å². The SMILES string of the molecule is CCOCC(C)NCC1Cc2ccccc2O1. The van der Waals surface area contributed by atoms with Crippen LogP contribution in [0.4, 0.5) is 0 Å². The minimum atomic E-state index is 0.261. The Morgan fingerprint density at radius 3 is 3.06 bits per heavy atom. The number of rotatable bonds is 6. The van der Waals surface area contributed by atoms with E-state index in [1.54, 1.807) is 0 Å². The van der Waals surface area contributed by atoms with E-state index in [4.69, 9.17) is 9.47 Å². The van der Waals surface area contributed by atoms with Crippen LogP contribution >= 0.6 is 0 Å². The Morgan fingerprint density at radius 1 is 1.47 bits per heavy atom. The number of ether oxygens (including phenoxy) is 2. The second-order valence-electron chi connectivity index (χ2n) is 4.52. The average molecular weight is 235 g/mol. The Labute approximate surface area is 103 Å². The quantitative estimate of drug-likeness (QED) is 0.818. The molecule has 94 valence electrons. The molecule has 1 aliphatic rings. The van der Waals surface area contributed by atoms with Crippen molar-refractivity contribution in [2.24, 2.45) is 0 Å². The van der Waals surface area contributed by atoms with Crippen molar-refractivity contribution < 1.29 is 9.47 Å². The zero-order valence-corrected chi connectivity index (χ0v) is 10.6. The summed E-state index contributed by atoms with van der Waals surface area (Å²) in [4.78, 5) is 0. The summed E-state index contributed by atoms with van der Waals surface area (Å²) in [5.41, 5.74) is 1.32. The Hall–Kier alpha value is -1.06. The molecular formula is C14H21NO2. The zero-order valence-electron chi connectivity index (χ0n) is 10.6. The lowest BCUT2D eigenvalue weighted by Gasteiger charge is -2.17. The van der Waals surface area contributed by atoms with Crippen LogP contribution in [0.5, 0.6) is 5.75 Å². The fourth-order valence-corrected chi connectivity index (χ4v) is 2.05. The van der Waals surface area contributed by atoms with Gasteiger partial charge in [0.05, 0.1) is 6.61 Å². The van der Waals surface area contributed by atoms with Crippen molar-refractivity contribution in [3.05, 3.63) is 29.8 Å². The fourth-order valence-electron chi connectivity index (χ4n) is 2.05. The van der Waals surface area contributed by atoms with Gasteiger partial charge < -0.3 is 14.8 Å². The van der Waals surface area contributed by atoms with E-state index in [0.29, 0.717) is 6.04 Å². The van der Waals surface area contributed by atoms with Gasteiger partial charge in [-0.3, -0.25) is 0 Å². The average Bonchev–Trinajstić information content (AvgIpc) is 2.76. The first-order chi connectivity index (χ1) is 8.29. The molecule has 17 heavy (non-hydrogen) atoms. The first-order valence-electron chi connectivity index (χ1n) is 6.35.